The van der Waals surface area contributed by atoms with Gasteiger partial charge >= 0.3 is 6.03 Å². The van der Waals surface area contributed by atoms with E-state index in [1.807, 2.05) is 17.0 Å². The summed E-state index contributed by atoms with van der Waals surface area (Å²) < 4.78 is 40.4. The van der Waals surface area contributed by atoms with E-state index in [0.29, 0.717) is 49.8 Å². The number of aromatic nitrogens is 1. The predicted octanol–water partition coefficient (Wildman–Crippen LogP) is 3.82. The minimum Gasteiger partial charge on any atom is -0.312 e. The van der Waals surface area contributed by atoms with Crippen LogP contribution in [0.3, 0.4) is 0 Å². The van der Waals surface area contributed by atoms with E-state index in [2.05, 4.69) is 23.8 Å². The third-order valence-electron chi connectivity index (χ3n) is 8.25. The summed E-state index contributed by atoms with van der Waals surface area (Å²) in [7, 11) is 0. The number of anilines is 1. The van der Waals surface area contributed by atoms with Crippen molar-refractivity contribution >= 4 is 11.8 Å². The first kappa shape index (κ1) is 25.9. The maximum Gasteiger partial charge on any atom is 0.326 e. The van der Waals surface area contributed by atoms with Crippen LogP contribution in [0.5, 0.6) is 0 Å². The number of likely N-dealkylation sites (tertiary alicyclic amines) is 1. The second kappa shape index (κ2) is 10.6. The molecule has 0 aliphatic carbocycles. The molecule has 4 heterocycles. The summed E-state index contributed by atoms with van der Waals surface area (Å²) >= 11 is 0. The molecule has 0 saturated carbocycles. The summed E-state index contributed by atoms with van der Waals surface area (Å²) in [5.74, 6) is 0.628. The van der Waals surface area contributed by atoms with Crippen LogP contribution in [0, 0.1) is 12.7 Å². The minimum atomic E-state index is -2.39. The first-order valence-electron chi connectivity index (χ1n) is 13.1. The molecule has 37 heavy (non-hydrogen) atoms. The molecule has 10 heteroatoms. The molecule has 2 aromatic rings. The van der Waals surface area contributed by atoms with Gasteiger partial charge in [0, 0.05) is 44.3 Å². The van der Waals surface area contributed by atoms with Gasteiger partial charge in [-0.3, -0.25) is 20.7 Å². The Morgan fingerprint density at radius 3 is 2.54 bits per heavy atom. The van der Waals surface area contributed by atoms with Gasteiger partial charge < -0.3 is 4.90 Å². The van der Waals surface area contributed by atoms with E-state index in [1.54, 1.807) is 22.8 Å². The Morgan fingerprint density at radius 2 is 1.86 bits per heavy atom. The summed E-state index contributed by atoms with van der Waals surface area (Å²) in [6.07, 6.45) is -0.480. The number of alkyl halides is 2. The minimum absolute atomic E-state index is 0.169. The molecule has 200 valence electrons. The maximum atomic E-state index is 14.3. The van der Waals surface area contributed by atoms with E-state index < -0.39 is 12.0 Å². The van der Waals surface area contributed by atoms with Crippen LogP contribution in [0.15, 0.2) is 30.3 Å². The molecule has 0 atom stereocenters. The van der Waals surface area contributed by atoms with Crippen LogP contribution in [0.25, 0.3) is 0 Å². The second-order valence-electron chi connectivity index (χ2n) is 10.4. The highest BCUT2D eigenvalue weighted by molar-refractivity contribution is 5.94. The highest BCUT2D eigenvalue weighted by Gasteiger charge is 2.51. The Balaban J connectivity index is 1.45. The van der Waals surface area contributed by atoms with Crippen molar-refractivity contribution in [1.82, 2.24) is 25.6 Å². The monoisotopic (exact) mass is 516 g/mol. The fraction of sp³-hybridized carbons (Fsp3) is 0.556. The number of piperidine rings is 1. The number of amides is 2. The molecule has 3 aliphatic heterocycles. The van der Waals surface area contributed by atoms with Crippen molar-refractivity contribution in [3.05, 3.63) is 58.5 Å². The number of hydrazine groups is 1. The van der Waals surface area contributed by atoms with Crippen LogP contribution < -0.4 is 15.8 Å². The summed E-state index contributed by atoms with van der Waals surface area (Å²) in [5, 5.41) is 0. The van der Waals surface area contributed by atoms with Crippen LogP contribution in [-0.4, -0.2) is 72.0 Å². The molecule has 0 radical (unpaired) electrons. The van der Waals surface area contributed by atoms with Gasteiger partial charge in [-0.2, -0.15) is 0 Å². The lowest BCUT2D eigenvalue weighted by atomic mass is 9.86. The van der Waals surface area contributed by atoms with Crippen LogP contribution in [-0.2, 0) is 13.0 Å². The fourth-order valence-corrected chi connectivity index (χ4v) is 5.97. The Labute approximate surface area is 216 Å². The lowest BCUT2D eigenvalue weighted by Crippen LogP contribution is -2.54. The summed E-state index contributed by atoms with van der Waals surface area (Å²) in [4.78, 5) is 24.2. The highest BCUT2D eigenvalue weighted by Crippen LogP contribution is 2.40. The molecule has 3 fully saturated rings. The van der Waals surface area contributed by atoms with Crippen molar-refractivity contribution in [1.29, 1.82) is 0 Å². The van der Waals surface area contributed by atoms with Gasteiger partial charge in [-0.25, -0.2) is 22.9 Å². The SMILES string of the molecule is CCc1nc(N2CC3(CCN(CC(F)F)CC3)N(Cc3cccc(F)c3C)C2=O)ccc1C1CNNC1. The summed E-state index contributed by atoms with van der Waals surface area (Å²) in [5.41, 5.74) is 9.23. The molecule has 2 amide bonds. The first-order chi connectivity index (χ1) is 17.8. The smallest absolute Gasteiger partial charge is 0.312 e. The molecule has 1 aromatic heterocycles. The largest absolute Gasteiger partial charge is 0.326 e. The number of halogens is 3. The normalized spacial score (nSPS) is 20.6. The molecular formula is C27H35F3N6O. The van der Waals surface area contributed by atoms with Crippen molar-refractivity contribution in [3.8, 4) is 0 Å². The van der Waals surface area contributed by atoms with E-state index in [0.717, 1.165) is 30.8 Å². The molecule has 3 saturated heterocycles. The van der Waals surface area contributed by atoms with Crippen molar-refractivity contribution < 1.29 is 18.0 Å². The number of carbonyl (C=O) groups excluding carboxylic acids is 1. The number of urea groups is 1. The summed E-state index contributed by atoms with van der Waals surface area (Å²) in [6.45, 7) is 6.86. The van der Waals surface area contributed by atoms with Gasteiger partial charge in [0.15, 0.2) is 0 Å². The number of nitrogens with zero attached hydrogens (tertiary/aromatic N) is 4. The molecule has 2 N–H and O–H groups in total. The molecule has 0 unspecified atom stereocenters. The molecule has 3 aliphatic rings. The molecular weight excluding hydrogens is 481 g/mol. The van der Waals surface area contributed by atoms with E-state index in [4.69, 9.17) is 4.98 Å². The van der Waals surface area contributed by atoms with E-state index >= 15 is 0 Å². The number of hydrogen-bond acceptors (Lipinski definition) is 5. The predicted molar refractivity (Wildman–Crippen MR) is 136 cm³/mol. The van der Waals surface area contributed by atoms with Crippen molar-refractivity contribution in [3.63, 3.8) is 0 Å². The van der Waals surface area contributed by atoms with Crippen molar-refractivity contribution in [2.45, 2.75) is 57.5 Å². The highest BCUT2D eigenvalue weighted by atomic mass is 19.3. The number of carbonyl (C=O) groups is 1. The van der Waals surface area contributed by atoms with Crippen LogP contribution >= 0.6 is 0 Å². The van der Waals surface area contributed by atoms with E-state index in [9.17, 15) is 18.0 Å². The van der Waals surface area contributed by atoms with E-state index in [1.165, 1.54) is 11.6 Å². The third-order valence-corrected chi connectivity index (χ3v) is 8.25. The Bertz CT molecular complexity index is 1130. The first-order valence-corrected chi connectivity index (χ1v) is 13.1. The topological polar surface area (TPSA) is 63.7 Å². The zero-order valence-electron chi connectivity index (χ0n) is 21.4. The number of aryl methyl sites for hydroxylation is 1. The van der Waals surface area contributed by atoms with Gasteiger partial charge in [0.1, 0.15) is 11.6 Å². The summed E-state index contributed by atoms with van der Waals surface area (Å²) in [6, 6.07) is 8.75. The van der Waals surface area contributed by atoms with Gasteiger partial charge in [-0.15, -0.1) is 0 Å². The lowest BCUT2D eigenvalue weighted by molar-refractivity contribution is 0.0340. The Kier molecular flexibility index (Phi) is 7.42. The number of hydrogen-bond donors (Lipinski definition) is 2. The van der Waals surface area contributed by atoms with Crippen LogP contribution in [0.4, 0.5) is 23.8 Å². The van der Waals surface area contributed by atoms with Gasteiger partial charge in [0.25, 0.3) is 6.43 Å². The fourth-order valence-electron chi connectivity index (χ4n) is 5.97. The zero-order chi connectivity index (χ0) is 26.2. The standard InChI is InChI=1S/C27H35F3N6O/c1-3-23-21(20-13-31-32-14-20)7-8-25(33-23)35-17-27(9-11-34(12-10-27)16-24(29)30)36(26(35)37)15-19-5-4-6-22(28)18(19)2/h4-8,20,24,31-32H,3,9-17H2,1-2H3. The van der Waals surface area contributed by atoms with Gasteiger partial charge in [0.05, 0.1) is 18.6 Å². The van der Waals surface area contributed by atoms with Gasteiger partial charge in [-0.05, 0) is 55.0 Å². The molecule has 5 rings (SSSR count). The molecule has 0 bridgehead atoms. The average molecular weight is 517 g/mol. The third kappa shape index (κ3) is 5.06. The molecule has 1 spiro atoms. The average Bonchev–Trinajstić information content (AvgIpc) is 3.51. The number of benzene rings is 1. The quantitative estimate of drug-likeness (QED) is 0.586. The maximum absolute atomic E-state index is 14.3. The molecule has 7 nitrogen and oxygen atoms in total. The number of rotatable bonds is 7. The Morgan fingerprint density at radius 1 is 1.14 bits per heavy atom. The van der Waals surface area contributed by atoms with Crippen molar-refractivity contribution in [2.75, 3.05) is 44.2 Å². The number of pyridine rings is 1. The van der Waals surface area contributed by atoms with Gasteiger partial charge in [-0.1, -0.05) is 25.1 Å². The molecule has 1 aromatic carbocycles. The zero-order valence-corrected chi connectivity index (χ0v) is 21.4. The van der Waals surface area contributed by atoms with E-state index in [-0.39, 0.29) is 24.9 Å². The second-order valence-corrected chi connectivity index (χ2v) is 10.4. The van der Waals surface area contributed by atoms with Crippen molar-refractivity contribution in [2.24, 2.45) is 0 Å². The lowest BCUT2D eigenvalue weighted by Gasteiger charge is -2.43. The van der Waals surface area contributed by atoms with Gasteiger partial charge in [0.2, 0.25) is 0 Å². The van der Waals surface area contributed by atoms with Crippen LogP contribution in [0.2, 0.25) is 0 Å². The number of nitrogens with one attached hydrogen (secondary N) is 2. The van der Waals surface area contributed by atoms with Crippen LogP contribution in [0.1, 0.15) is 48.1 Å². The Hall–Kier alpha value is -2.69.